The molecule has 1 aliphatic rings. The lowest BCUT2D eigenvalue weighted by Gasteiger charge is -2.24. The molecule has 0 aromatic carbocycles. The normalized spacial score (nSPS) is 23.0. The van der Waals surface area contributed by atoms with Gasteiger partial charge in [-0.1, -0.05) is 6.42 Å². The second kappa shape index (κ2) is 3.11. The van der Waals surface area contributed by atoms with Crippen molar-refractivity contribution in [3.05, 3.63) is 0 Å². The molecule has 3 heteroatoms. The Morgan fingerprint density at radius 2 is 1.56 bits per heavy atom. The van der Waals surface area contributed by atoms with Gasteiger partial charge in [-0.2, -0.15) is 8.78 Å². The van der Waals surface area contributed by atoms with E-state index in [0.717, 1.165) is 19.3 Å². The smallest absolute Gasteiger partial charge is 0.247 e. The van der Waals surface area contributed by atoms with Crippen molar-refractivity contribution < 1.29 is 8.78 Å². The molecule has 0 unspecified atom stereocenters. The fourth-order valence-corrected chi connectivity index (χ4v) is 1.11. The molecule has 0 aliphatic carbocycles. The van der Waals surface area contributed by atoms with Gasteiger partial charge in [0, 0.05) is 13.1 Å². The molecule has 1 saturated heterocycles. The van der Waals surface area contributed by atoms with Crippen LogP contribution in [0.1, 0.15) is 19.3 Å². The molecule has 0 atom stereocenters. The zero-order valence-corrected chi connectivity index (χ0v) is 5.32. The lowest BCUT2D eigenvalue weighted by Crippen LogP contribution is -2.33. The van der Waals surface area contributed by atoms with E-state index in [1.54, 1.807) is 0 Å². The van der Waals surface area contributed by atoms with Crippen molar-refractivity contribution in [2.24, 2.45) is 0 Å². The third-order valence-electron chi connectivity index (χ3n) is 1.67. The van der Waals surface area contributed by atoms with E-state index in [4.69, 9.17) is 0 Å². The minimum absolute atomic E-state index is 0.581. The highest BCUT2D eigenvalue weighted by Gasteiger charge is 2.17. The van der Waals surface area contributed by atoms with Crippen LogP contribution in [-0.4, -0.2) is 24.5 Å². The molecular formula is C6H11F2N. The van der Waals surface area contributed by atoms with E-state index >= 15 is 0 Å². The fourth-order valence-electron chi connectivity index (χ4n) is 1.11. The van der Waals surface area contributed by atoms with Crippen molar-refractivity contribution in [3.8, 4) is 0 Å². The molecule has 0 spiro atoms. The molecule has 1 nitrogen and oxygen atoms in total. The van der Waals surface area contributed by atoms with Gasteiger partial charge in [-0.25, -0.2) is 4.90 Å². The first-order valence-corrected chi connectivity index (χ1v) is 3.33. The average molecular weight is 135 g/mol. The van der Waals surface area contributed by atoms with Crippen LogP contribution in [0.15, 0.2) is 0 Å². The summed E-state index contributed by atoms with van der Waals surface area (Å²) < 4.78 is 23.7. The van der Waals surface area contributed by atoms with Crippen LogP contribution in [0, 0.1) is 0 Å². The minimum atomic E-state index is -2.23. The Labute approximate surface area is 53.6 Å². The minimum Gasteiger partial charge on any atom is -0.247 e. The Balaban J connectivity index is 2.23. The summed E-state index contributed by atoms with van der Waals surface area (Å²) in [6.45, 7) is -1.07. The van der Waals surface area contributed by atoms with Crippen LogP contribution in [0.5, 0.6) is 0 Å². The second-order valence-electron chi connectivity index (χ2n) is 2.37. The zero-order valence-electron chi connectivity index (χ0n) is 5.32. The second-order valence-corrected chi connectivity index (χ2v) is 2.37. The number of halogens is 2. The Bertz CT molecular complexity index is 79.1. The Kier molecular flexibility index (Phi) is 2.39. The summed E-state index contributed by atoms with van der Waals surface area (Å²) >= 11 is 0. The average Bonchev–Trinajstić information content (AvgIpc) is 1.90. The first kappa shape index (κ1) is 6.93. The summed E-state index contributed by atoms with van der Waals surface area (Å²) in [5.41, 5.74) is 0. The summed E-state index contributed by atoms with van der Waals surface area (Å²) in [5.74, 6) is 0. The third-order valence-corrected chi connectivity index (χ3v) is 1.67. The van der Waals surface area contributed by atoms with Crippen LogP contribution >= 0.6 is 0 Å². The predicted octanol–water partition coefficient (Wildman–Crippen LogP) is 1.69. The van der Waals surface area contributed by atoms with Crippen molar-refractivity contribution in [2.75, 3.05) is 13.1 Å². The Morgan fingerprint density at radius 1 is 1.00 bits per heavy atom. The number of alkyl halides is 2. The van der Waals surface area contributed by atoms with E-state index < -0.39 is 6.55 Å². The highest BCUT2D eigenvalue weighted by atomic mass is 19.3. The highest BCUT2D eigenvalue weighted by Crippen LogP contribution is 2.12. The molecule has 1 aliphatic heterocycles. The summed E-state index contributed by atoms with van der Waals surface area (Å²) in [6.07, 6.45) is 2.98. The summed E-state index contributed by atoms with van der Waals surface area (Å²) in [4.78, 5) is 1.23. The molecular weight excluding hydrogens is 124 g/mol. The summed E-state index contributed by atoms with van der Waals surface area (Å²) in [6, 6.07) is 0. The fraction of sp³-hybridized carbons (Fsp3) is 1.00. The van der Waals surface area contributed by atoms with E-state index in [0.29, 0.717) is 13.1 Å². The first-order chi connectivity index (χ1) is 4.30. The molecule has 0 aromatic heterocycles. The van der Waals surface area contributed by atoms with Crippen LogP contribution in [-0.2, 0) is 0 Å². The molecule has 0 aromatic rings. The quantitative estimate of drug-likeness (QED) is 0.494. The molecule has 0 saturated carbocycles. The van der Waals surface area contributed by atoms with E-state index in [9.17, 15) is 8.78 Å². The van der Waals surface area contributed by atoms with Gasteiger partial charge in [-0.3, -0.25) is 0 Å². The van der Waals surface area contributed by atoms with Crippen molar-refractivity contribution in [1.82, 2.24) is 4.90 Å². The van der Waals surface area contributed by atoms with Crippen molar-refractivity contribution >= 4 is 0 Å². The van der Waals surface area contributed by atoms with Crippen LogP contribution in [0.4, 0.5) is 8.78 Å². The Morgan fingerprint density at radius 3 is 1.89 bits per heavy atom. The molecule has 0 radical (unpaired) electrons. The highest BCUT2D eigenvalue weighted by molar-refractivity contribution is 4.62. The van der Waals surface area contributed by atoms with E-state index in [2.05, 4.69) is 0 Å². The van der Waals surface area contributed by atoms with Crippen molar-refractivity contribution in [2.45, 2.75) is 25.8 Å². The molecule has 0 bridgehead atoms. The monoisotopic (exact) mass is 135 g/mol. The van der Waals surface area contributed by atoms with Gasteiger partial charge in [-0.15, -0.1) is 0 Å². The molecule has 54 valence electrons. The number of hydrogen-bond donors (Lipinski definition) is 0. The van der Waals surface area contributed by atoms with Gasteiger partial charge in [-0.05, 0) is 12.8 Å². The number of hydrogen-bond acceptors (Lipinski definition) is 1. The molecule has 0 N–H and O–H groups in total. The van der Waals surface area contributed by atoms with Gasteiger partial charge in [0.2, 0.25) is 0 Å². The maximum Gasteiger partial charge on any atom is 0.294 e. The Hall–Kier alpha value is -0.180. The number of likely N-dealkylation sites (tertiary alicyclic amines) is 1. The van der Waals surface area contributed by atoms with Gasteiger partial charge in [0.1, 0.15) is 0 Å². The maximum absolute atomic E-state index is 11.8. The lowest BCUT2D eigenvalue weighted by molar-refractivity contribution is -0.0368. The lowest BCUT2D eigenvalue weighted by atomic mass is 10.1. The SMILES string of the molecule is FC(F)N1CCCCC1. The van der Waals surface area contributed by atoms with Gasteiger partial charge in [0.15, 0.2) is 0 Å². The summed E-state index contributed by atoms with van der Waals surface area (Å²) in [7, 11) is 0. The van der Waals surface area contributed by atoms with Gasteiger partial charge >= 0.3 is 0 Å². The van der Waals surface area contributed by atoms with Crippen LogP contribution in [0.3, 0.4) is 0 Å². The number of nitrogens with zero attached hydrogens (tertiary/aromatic N) is 1. The molecule has 1 heterocycles. The van der Waals surface area contributed by atoms with Gasteiger partial charge in [0.25, 0.3) is 6.55 Å². The van der Waals surface area contributed by atoms with Gasteiger partial charge < -0.3 is 0 Å². The van der Waals surface area contributed by atoms with E-state index in [1.165, 1.54) is 4.90 Å². The summed E-state index contributed by atoms with van der Waals surface area (Å²) in [5, 5.41) is 0. The van der Waals surface area contributed by atoms with Crippen molar-refractivity contribution in [1.29, 1.82) is 0 Å². The van der Waals surface area contributed by atoms with E-state index in [1.807, 2.05) is 0 Å². The molecule has 0 amide bonds. The molecule has 1 fully saturated rings. The van der Waals surface area contributed by atoms with Gasteiger partial charge in [0.05, 0.1) is 0 Å². The predicted molar refractivity (Wildman–Crippen MR) is 31.4 cm³/mol. The largest absolute Gasteiger partial charge is 0.294 e. The van der Waals surface area contributed by atoms with Crippen LogP contribution in [0.25, 0.3) is 0 Å². The molecule has 9 heavy (non-hydrogen) atoms. The topological polar surface area (TPSA) is 3.24 Å². The standard InChI is InChI=1S/C6H11F2N/c7-6(8)9-4-2-1-3-5-9/h6H,1-5H2. The first-order valence-electron chi connectivity index (χ1n) is 3.33. The number of piperidine rings is 1. The van der Waals surface area contributed by atoms with E-state index in [-0.39, 0.29) is 0 Å². The third kappa shape index (κ3) is 1.90. The number of rotatable bonds is 1. The molecule has 1 rings (SSSR count). The maximum atomic E-state index is 11.8. The van der Waals surface area contributed by atoms with Crippen LogP contribution < -0.4 is 0 Å². The van der Waals surface area contributed by atoms with Crippen LogP contribution in [0.2, 0.25) is 0 Å². The zero-order chi connectivity index (χ0) is 6.69. The van der Waals surface area contributed by atoms with Crippen molar-refractivity contribution in [3.63, 3.8) is 0 Å².